The van der Waals surface area contributed by atoms with Crippen molar-refractivity contribution in [3.63, 3.8) is 0 Å². The highest BCUT2D eigenvalue weighted by molar-refractivity contribution is 5.80. The van der Waals surface area contributed by atoms with E-state index in [-0.39, 0.29) is 0 Å². The molecule has 2 heterocycles. The van der Waals surface area contributed by atoms with Gasteiger partial charge in [-0.05, 0) is 29.8 Å². The molecule has 1 fully saturated rings. The summed E-state index contributed by atoms with van der Waals surface area (Å²) in [5.41, 5.74) is 2.28. The molecular weight excluding hydrogens is 356 g/mol. The molecule has 1 saturated heterocycles. The second-order valence-corrected chi connectivity index (χ2v) is 6.73. The van der Waals surface area contributed by atoms with Gasteiger partial charge in [0.25, 0.3) is 0 Å². The molecule has 0 amide bonds. The zero-order valence-electron chi connectivity index (χ0n) is 16.4. The van der Waals surface area contributed by atoms with Gasteiger partial charge in [0, 0.05) is 39.8 Å². The van der Waals surface area contributed by atoms with Gasteiger partial charge in [-0.3, -0.25) is 4.99 Å². The lowest BCUT2D eigenvalue weighted by atomic mass is 10.2. The van der Waals surface area contributed by atoms with E-state index in [9.17, 15) is 0 Å². The average Bonchev–Trinajstić information content (AvgIpc) is 3.22. The van der Waals surface area contributed by atoms with Crippen molar-refractivity contribution in [2.45, 2.75) is 6.54 Å². The lowest BCUT2D eigenvalue weighted by Gasteiger charge is -2.38. The van der Waals surface area contributed by atoms with Gasteiger partial charge in [-0.25, -0.2) is 0 Å². The van der Waals surface area contributed by atoms with Crippen LogP contribution in [0, 0.1) is 0 Å². The van der Waals surface area contributed by atoms with Gasteiger partial charge in [0.05, 0.1) is 12.8 Å². The molecule has 0 aliphatic carbocycles. The number of rotatable bonds is 4. The third-order valence-corrected chi connectivity index (χ3v) is 5.10. The minimum Gasteiger partial charge on any atom is -0.495 e. The second kappa shape index (κ2) is 8.29. The van der Waals surface area contributed by atoms with E-state index in [0.29, 0.717) is 13.3 Å². The lowest BCUT2D eigenvalue weighted by molar-refractivity contribution is 0.174. The number of aliphatic imine (C=N–C) groups is 1. The first-order valence-corrected chi connectivity index (χ1v) is 9.50. The molecule has 2 aliphatic rings. The molecule has 0 radical (unpaired) electrons. The minimum atomic E-state index is 0.296. The molecule has 2 aromatic carbocycles. The van der Waals surface area contributed by atoms with Crippen molar-refractivity contribution in [2.24, 2.45) is 4.99 Å². The lowest BCUT2D eigenvalue weighted by Crippen LogP contribution is -2.52. The maximum atomic E-state index is 5.50. The van der Waals surface area contributed by atoms with E-state index in [0.717, 1.165) is 60.6 Å². The molecule has 148 valence electrons. The summed E-state index contributed by atoms with van der Waals surface area (Å²) < 4.78 is 16.3. The maximum Gasteiger partial charge on any atom is 0.231 e. The molecular formula is C21H26N4O3. The molecule has 2 aromatic rings. The van der Waals surface area contributed by atoms with Crippen LogP contribution in [0.15, 0.2) is 47.5 Å². The smallest absolute Gasteiger partial charge is 0.231 e. The Morgan fingerprint density at radius 2 is 1.86 bits per heavy atom. The first-order chi connectivity index (χ1) is 13.8. The number of hydrogen-bond acceptors (Lipinski definition) is 5. The predicted molar refractivity (Wildman–Crippen MR) is 110 cm³/mol. The topological polar surface area (TPSA) is 58.6 Å². The molecule has 4 rings (SSSR count). The molecule has 0 unspecified atom stereocenters. The first kappa shape index (κ1) is 18.3. The van der Waals surface area contributed by atoms with Gasteiger partial charge in [-0.15, -0.1) is 0 Å². The van der Waals surface area contributed by atoms with Crippen LogP contribution in [-0.4, -0.2) is 58.0 Å². The van der Waals surface area contributed by atoms with Gasteiger partial charge in [0.2, 0.25) is 6.79 Å². The molecule has 0 spiro atoms. The highest BCUT2D eigenvalue weighted by Crippen LogP contribution is 2.32. The van der Waals surface area contributed by atoms with Gasteiger partial charge in [0.15, 0.2) is 17.5 Å². The van der Waals surface area contributed by atoms with E-state index >= 15 is 0 Å². The largest absolute Gasteiger partial charge is 0.495 e. The zero-order chi connectivity index (χ0) is 19.3. The van der Waals surface area contributed by atoms with Crippen LogP contribution in [0.2, 0.25) is 0 Å². The summed E-state index contributed by atoms with van der Waals surface area (Å²) in [5.74, 6) is 3.44. The van der Waals surface area contributed by atoms with Crippen molar-refractivity contribution in [2.75, 3.05) is 52.0 Å². The summed E-state index contributed by atoms with van der Waals surface area (Å²) >= 11 is 0. The molecule has 28 heavy (non-hydrogen) atoms. The maximum absolute atomic E-state index is 5.50. The Labute approximate surface area is 165 Å². The molecule has 0 aromatic heterocycles. The van der Waals surface area contributed by atoms with Crippen molar-refractivity contribution >= 4 is 11.6 Å². The van der Waals surface area contributed by atoms with Crippen molar-refractivity contribution in [1.82, 2.24) is 10.2 Å². The second-order valence-electron chi connectivity index (χ2n) is 6.73. The number of guanidine groups is 1. The van der Waals surface area contributed by atoms with Gasteiger partial charge in [-0.2, -0.15) is 0 Å². The quantitative estimate of drug-likeness (QED) is 0.647. The number of ether oxygens (including phenoxy) is 3. The standard InChI is InChI=1S/C21H26N4O3/c1-22-21(23-14-16-7-8-19-20(13-16)28-15-27-19)25-11-9-24(10-12-25)17-5-3-4-6-18(17)26-2/h3-8,13H,9-12,14-15H2,1-2H3,(H,22,23). The van der Waals surface area contributed by atoms with Crippen LogP contribution >= 0.6 is 0 Å². The predicted octanol–water partition coefficient (Wildman–Crippen LogP) is 2.32. The Morgan fingerprint density at radius 1 is 1.07 bits per heavy atom. The number of benzene rings is 2. The number of hydrogen-bond donors (Lipinski definition) is 1. The summed E-state index contributed by atoms with van der Waals surface area (Å²) in [6, 6.07) is 14.2. The zero-order valence-corrected chi connectivity index (χ0v) is 16.4. The third-order valence-electron chi connectivity index (χ3n) is 5.10. The summed E-state index contributed by atoms with van der Waals surface area (Å²) in [4.78, 5) is 9.12. The van der Waals surface area contributed by atoms with Crippen LogP contribution in [0.25, 0.3) is 0 Å². The third kappa shape index (κ3) is 3.78. The van der Waals surface area contributed by atoms with E-state index in [1.807, 2.05) is 37.4 Å². The summed E-state index contributed by atoms with van der Waals surface area (Å²) in [6.45, 7) is 4.63. The number of anilines is 1. The Morgan fingerprint density at radius 3 is 2.64 bits per heavy atom. The van der Waals surface area contributed by atoms with Crippen LogP contribution in [0.1, 0.15) is 5.56 Å². The summed E-state index contributed by atoms with van der Waals surface area (Å²) in [6.07, 6.45) is 0. The molecule has 2 aliphatic heterocycles. The number of fused-ring (bicyclic) bond motifs is 1. The molecule has 7 nitrogen and oxygen atoms in total. The van der Waals surface area contributed by atoms with E-state index in [4.69, 9.17) is 14.2 Å². The Balaban J connectivity index is 1.34. The fourth-order valence-corrected chi connectivity index (χ4v) is 3.61. The number of nitrogens with zero attached hydrogens (tertiary/aromatic N) is 3. The molecule has 0 saturated carbocycles. The van der Waals surface area contributed by atoms with E-state index in [2.05, 4.69) is 32.2 Å². The highest BCUT2D eigenvalue weighted by Gasteiger charge is 2.21. The van der Waals surface area contributed by atoms with Crippen LogP contribution in [-0.2, 0) is 6.54 Å². The minimum absolute atomic E-state index is 0.296. The molecule has 0 bridgehead atoms. The Bertz CT molecular complexity index is 847. The highest BCUT2D eigenvalue weighted by atomic mass is 16.7. The van der Waals surface area contributed by atoms with Crippen molar-refractivity contribution in [3.05, 3.63) is 48.0 Å². The average molecular weight is 382 g/mol. The van der Waals surface area contributed by atoms with Crippen molar-refractivity contribution in [1.29, 1.82) is 0 Å². The number of piperazine rings is 1. The van der Waals surface area contributed by atoms with E-state index in [1.54, 1.807) is 7.11 Å². The fourth-order valence-electron chi connectivity index (χ4n) is 3.61. The number of nitrogens with one attached hydrogen (secondary N) is 1. The van der Waals surface area contributed by atoms with Crippen LogP contribution in [0.3, 0.4) is 0 Å². The van der Waals surface area contributed by atoms with Crippen LogP contribution < -0.4 is 24.4 Å². The number of para-hydroxylation sites is 2. The summed E-state index contributed by atoms with van der Waals surface area (Å²) in [7, 11) is 3.55. The van der Waals surface area contributed by atoms with Crippen molar-refractivity contribution < 1.29 is 14.2 Å². The van der Waals surface area contributed by atoms with Crippen molar-refractivity contribution in [3.8, 4) is 17.2 Å². The molecule has 1 N–H and O–H groups in total. The van der Waals surface area contributed by atoms with E-state index in [1.165, 1.54) is 0 Å². The molecule has 7 heteroatoms. The number of methoxy groups -OCH3 is 1. The van der Waals surface area contributed by atoms with Gasteiger partial charge in [-0.1, -0.05) is 18.2 Å². The van der Waals surface area contributed by atoms with Crippen LogP contribution in [0.5, 0.6) is 17.2 Å². The fraction of sp³-hybridized carbons (Fsp3) is 0.381. The Kier molecular flexibility index (Phi) is 5.41. The Hall–Kier alpha value is -3.09. The van der Waals surface area contributed by atoms with Gasteiger partial charge < -0.3 is 29.3 Å². The van der Waals surface area contributed by atoms with Crippen LogP contribution in [0.4, 0.5) is 5.69 Å². The van der Waals surface area contributed by atoms with Gasteiger partial charge in [0.1, 0.15) is 5.75 Å². The van der Waals surface area contributed by atoms with Gasteiger partial charge >= 0.3 is 0 Å². The monoisotopic (exact) mass is 382 g/mol. The molecule has 0 atom stereocenters. The first-order valence-electron chi connectivity index (χ1n) is 9.50. The SMILES string of the molecule is CN=C(NCc1ccc2c(c1)OCO2)N1CCN(c2ccccc2OC)CC1. The van der Waals surface area contributed by atoms with E-state index < -0.39 is 0 Å². The summed E-state index contributed by atoms with van der Waals surface area (Å²) in [5, 5.41) is 3.46. The normalized spacial score (nSPS) is 16.3.